The van der Waals surface area contributed by atoms with Crippen molar-refractivity contribution in [1.82, 2.24) is 24.6 Å². The van der Waals surface area contributed by atoms with E-state index in [1.165, 1.54) is 4.57 Å². The molecule has 3 heterocycles. The van der Waals surface area contributed by atoms with Crippen LogP contribution in [0.5, 0.6) is 11.5 Å². The number of hydrogen-bond donors (Lipinski definition) is 3. The number of nitrogens with zero attached hydrogens (tertiary/aromatic N) is 3. The van der Waals surface area contributed by atoms with Crippen LogP contribution in [0, 0.1) is 6.92 Å². The van der Waals surface area contributed by atoms with Crippen molar-refractivity contribution in [2.45, 2.75) is 39.4 Å². The highest BCUT2D eigenvalue weighted by atomic mass is 16.7. The number of anilines is 1. The predicted molar refractivity (Wildman–Crippen MR) is 138 cm³/mol. The third kappa shape index (κ3) is 5.28. The summed E-state index contributed by atoms with van der Waals surface area (Å²) in [6.07, 6.45) is 0.376. The van der Waals surface area contributed by atoms with Crippen LogP contribution in [-0.4, -0.2) is 37.9 Å². The zero-order chi connectivity index (χ0) is 26.6. The third-order valence-electron chi connectivity index (χ3n) is 6.12. The highest BCUT2D eigenvalue weighted by Crippen LogP contribution is 2.32. The van der Waals surface area contributed by atoms with E-state index in [-0.39, 0.29) is 38.6 Å². The van der Waals surface area contributed by atoms with Gasteiger partial charge in [-0.2, -0.15) is 5.10 Å². The van der Waals surface area contributed by atoms with E-state index in [1.54, 1.807) is 43.3 Å². The second-order valence-corrected chi connectivity index (χ2v) is 8.89. The summed E-state index contributed by atoms with van der Waals surface area (Å²) in [4.78, 5) is 51.4. The molecule has 0 saturated heterocycles. The number of benzene rings is 2. The largest absolute Gasteiger partial charge is 0.454 e. The smallest absolute Gasteiger partial charge is 0.331 e. The molecule has 12 nitrogen and oxygen atoms in total. The van der Waals surface area contributed by atoms with E-state index in [1.807, 2.05) is 12.1 Å². The molecule has 0 spiro atoms. The average Bonchev–Trinajstić information content (AvgIpc) is 3.55. The van der Waals surface area contributed by atoms with Crippen molar-refractivity contribution < 1.29 is 19.1 Å². The van der Waals surface area contributed by atoms with Crippen LogP contribution in [0.4, 0.5) is 5.82 Å². The quantitative estimate of drug-likeness (QED) is 0.305. The van der Waals surface area contributed by atoms with Gasteiger partial charge in [-0.25, -0.2) is 4.79 Å². The Morgan fingerprint density at radius 2 is 1.84 bits per heavy atom. The first-order valence-corrected chi connectivity index (χ1v) is 12.1. The Morgan fingerprint density at radius 1 is 1.03 bits per heavy atom. The summed E-state index contributed by atoms with van der Waals surface area (Å²) < 4.78 is 13.0. The number of amides is 2. The molecule has 1 aliphatic rings. The second-order valence-electron chi connectivity index (χ2n) is 8.89. The highest BCUT2D eigenvalue weighted by molar-refractivity contribution is 5.90. The van der Waals surface area contributed by atoms with Crippen molar-refractivity contribution in [3.63, 3.8) is 0 Å². The molecule has 196 valence electrons. The lowest BCUT2D eigenvalue weighted by Gasteiger charge is -2.14. The molecule has 4 aromatic rings. The van der Waals surface area contributed by atoms with Crippen LogP contribution in [0.25, 0.3) is 10.9 Å². The zero-order valence-corrected chi connectivity index (χ0v) is 20.7. The van der Waals surface area contributed by atoms with E-state index < -0.39 is 17.2 Å². The van der Waals surface area contributed by atoms with Gasteiger partial charge in [-0.15, -0.1) is 0 Å². The monoisotopic (exact) mass is 518 g/mol. The van der Waals surface area contributed by atoms with Gasteiger partial charge in [-0.3, -0.25) is 28.6 Å². The molecule has 0 radical (unpaired) electrons. The molecule has 0 fully saturated rings. The van der Waals surface area contributed by atoms with Gasteiger partial charge in [0, 0.05) is 31.3 Å². The summed E-state index contributed by atoms with van der Waals surface area (Å²) in [5, 5.41) is 12.5. The minimum Gasteiger partial charge on any atom is -0.454 e. The average molecular weight is 519 g/mol. The summed E-state index contributed by atoms with van der Waals surface area (Å²) in [7, 11) is 0. The first-order valence-electron chi connectivity index (χ1n) is 12.1. The topological polar surface area (TPSA) is 149 Å². The van der Waals surface area contributed by atoms with E-state index in [2.05, 4.69) is 20.8 Å². The van der Waals surface area contributed by atoms with Gasteiger partial charge in [0.2, 0.25) is 18.6 Å². The van der Waals surface area contributed by atoms with Gasteiger partial charge < -0.3 is 20.1 Å². The Hall–Kier alpha value is -4.87. The predicted octanol–water partition coefficient (Wildman–Crippen LogP) is 1.66. The number of para-hydroxylation sites is 1. The van der Waals surface area contributed by atoms with E-state index in [4.69, 9.17) is 9.47 Å². The molecule has 2 aromatic heterocycles. The van der Waals surface area contributed by atoms with E-state index >= 15 is 0 Å². The van der Waals surface area contributed by atoms with E-state index in [0.29, 0.717) is 34.8 Å². The maximum absolute atomic E-state index is 13.3. The minimum absolute atomic E-state index is 0.0279. The summed E-state index contributed by atoms with van der Waals surface area (Å²) in [6, 6.07) is 13.7. The summed E-state index contributed by atoms with van der Waals surface area (Å²) in [6.45, 7) is 2.01. The van der Waals surface area contributed by atoms with Gasteiger partial charge in [0.15, 0.2) is 17.3 Å². The lowest BCUT2D eigenvalue weighted by atomic mass is 10.2. The number of aromatic nitrogens is 4. The van der Waals surface area contributed by atoms with E-state index in [0.717, 1.165) is 15.8 Å². The summed E-state index contributed by atoms with van der Waals surface area (Å²) >= 11 is 0. The number of carbonyl (C=O) groups is 2. The molecule has 0 bridgehead atoms. The molecule has 0 aliphatic carbocycles. The van der Waals surface area contributed by atoms with Gasteiger partial charge in [0.1, 0.15) is 6.54 Å². The van der Waals surface area contributed by atoms with Gasteiger partial charge >= 0.3 is 5.69 Å². The van der Waals surface area contributed by atoms with Gasteiger partial charge in [-0.05, 0) is 43.2 Å². The number of H-pyrrole nitrogens is 1. The number of ether oxygens (including phenoxy) is 2. The fourth-order valence-electron chi connectivity index (χ4n) is 4.27. The first-order chi connectivity index (χ1) is 18.4. The number of aromatic amines is 1. The number of aryl methyl sites for hydroxylation is 1. The molecule has 0 atom stereocenters. The number of nitrogens with one attached hydrogen (secondary N) is 3. The van der Waals surface area contributed by atoms with Crippen LogP contribution in [0.2, 0.25) is 0 Å². The van der Waals surface area contributed by atoms with Crippen molar-refractivity contribution in [2.75, 3.05) is 12.1 Å². The fourth-order valence-corrected chi connectivity index (χ4v) is 4.27. The molecule has 3 N–H and O–H groups in total. The molecule has 0 saturated carbocycles. The molecular weight excluding hydrogens is 492 g/mol. The van der Waals surface area contributed by atoms with Gasteiger partial charge in [0.25, 0.3) is 5.56 Å². The van der Waals surface area contributed by atoms with Crippen LogP contribution >= 0.6 is 0 Å². The molecule has 2 amide bonds. The number of carbonyl (C=O) groups excluding carboxylic acids is 2. The second kappa shape index (κ2) is 10.6. The van der Waals surface area contributed by atoms with Crippen LogP contribution in [0.15, 0.2) is 58.1 Å². The molecule has 0 unspecified atom stereocenters. The number of fused-ring (bicyclic) bond motifs is 2. The van der Waals surface area contributed by atoms with Crippen molar-refractivity contribution in [3.05, 3.63) is 80.6 Å². The Bertz CT molecular complexity index is 1640. The Morgan fingerprint density at radius 3 is 2.66 bits per heavy atom. The molecule has 5 rings (SSSR count). The summed E-state index contributed by atoms with van der Waals surface area (Å²) in [5.41, 5.74) is 0.901. The third-order valence-corrected chi connectivity index (χ3v) is 6.12. The maximum Gasteiger partial charge on any atom is 0.331 e. The van der Waals surface area contributed by atoms with Gasteiger partial charge in [-0.1, -0.05) is 18.2 Å². The van der Waals surface area contributed by atoms with Crippen molar-refractivity contribution in [3.8, 4) is 11.5 Å². The number of rotatable bonds is 9. The van der Waals surface area contributed by atoms with Crippen molar-refractivity contribution >= 4 is 28.5 Å². The molecule has 38 heavy (non-hydrogen) atoms. The first kappa shape index (κ1) is 24.8. The lowest BCUT2D eigenvalue weighted by Crippen LogP contribution is -2.42. The van der Waals surface area contributed by atoms with Crippen LogP contribution in [0.1, 0.15) is 24.1 Å². The Kier molecular flexibility index (Phi) is 6.94. The minimum atomic E-state index is -0.622. The molecule has 12 heteroatoms. The van der Waals surface area contributed by atoms with Crippen LogP contribution < -0.4 is 31.4 Å². The van der Waals surface area contributed by atoms with Crippen LogP contribution in [-0.2, 0) is 29.2 Å². The maximum atomic E-state index is 13.3. The van der Waals surface area contributed by atoms with E-state index in [9.17, 15) is 19.2 Å². The molecule has 1 aliphatic heterocycles. The number of hydrogen-bond acceptors (Lipinski definition) is 7. The van der Waals surface area contributed by atoms with Crippen molar-refractivity contribution in [1.29, 1.82) is 0 Å². The van der Waals surface area contributed by atoms with Gasteiger partial charge in [0.05, 0.1) is 10.9 Å². The SMILES string of the molecule is Cc1cc(NC(=O)Cn2c(=O)n(CCCC(=O)NCc3ccc4c(c3)OCO4)c(=O)c3ccccc32)n[nH]1. The zero-order valence-electron chi connectivity index (χ0n) is 20.7. The lowest BCUT2D eigenvalue weighted by molar-refractivity contribution is -0.121. The Labute approximate surface area is 216 Å². The van der Waals surface area contributed by atoms with Crippen LogP contribution in [0.3, 0.4) is 0 Å². The highest BCUT2D eigenvalue weighted by Gasteiger charge is 2.17. The fraction of sp³-hybridized carbons (Fsp3) is 0.269. The molecule has 2 aromatic carbocycles. The summed E-state index contributed by atoms with van der Waals surface area (Å²) in [5.74, 6) is 0.962. The molecular formula is C26H26N6O6. The Balaban J connectivity index is 1.26. The van der Waals surface area contributed by atoms with Crippen molar-refractivity contribution in [2.24, 2.45) is 0 Å². The normalized spacial score (nSPS) is 12.0. The standard InChI is InChI=1S/C26H26N6O6/c1-16-11-22(30-29-16)28-24(34)14-32-19-6-3-2-5-18(19)25(35)31(26(32)36)10-4-7-23(33)27-13-17-8-9-20-21(12-17)38-15-37-20/h2-3,5-6,8-9,11-12H,4,7,10,13-15H2,1H3,(H,27,33)(H2,28,29,30,34).